The molecule has 0 aliphatic rings. The maximum atomic E-state index is 11.9. The Morgan fingerprint density at radius 2 is 2.00 bits per heavy atom. The van der Waals surface area contributed by atoms with Crippen LogP contribution in [0.3, 0.4) is 0 Å². The predicted octanol–water partition coefficient (Wildman–Crippen LogP) is 1.75. The van der Waals surface area contributed by atoms with E-state index in [1.54, 1.807) is 6.07 Å². The van der Waals surface area contributed by atoms with Crippen LogP contribution in [0.25, 0.3) is 0 Å². The van der Waals surface area contributed by atoms with Crippen LogP contribution >= 0.6 is 0 Å². The van der Waals surface area contributed by atoms with Gasteiger partial charge in [-0.3, -0.25) is 4.98 Å². The van der Waals surface area contributed by atoms with Gasteiger partial charge in [0.25, 0.3) is 0 Å². The number of ether oxygens (including phenoxy) is 1. The number of para-hydroxylation sites is 1. The molecule has 114 valence electrons. The number of pyridine rings is 1. The van der Waals surface area contributed by atoms with Gasteiger partial charge in [-0.2, -0.15) is 4.72 Å². The number of hydrogen-bond donors (Lipinski definition) is 1. The molecule has 0 atom stereocenters. The van der Waals surface area contributed by atoms with Crippen LogP contribution in [0.1, 0.15) is 5.56 Å². The van der Waals surface area contributed by atoms with Crippen LogP contribution in [-0.2, 0) is 10.0 Å². The Hall–Kier alpha value is -2.36. The number of sulfonamides is 1. The predicted molar refractivity (Wildman–Crippen MR) is 83.9 cm³/mol. The summed E-state index contributed by atoms with van der Waals surface area (Å²) in [5.74, 6) is 6.26. The molecule has 0 amide bonds. The fraction of sp³-hybridized carbons (Fsp3) is 0.188. The summed E-state index contributed by atoms with van der Waals surface area (Å²) in [5.41, 5.74) is 1.03. The SMILES string of the molecule is Cc1ccccc1OCC#CCNS(=O)(=O)c1cccnc1. The van der Waals surface area contributed by atoms with Gasteiger partial charge >= 0.3 is 0 Å². The Morgan fingerprint density at radius 1 is 1.18 bits per heavy atom. The average molecular weight is 316 g/mol. The Labute approximate surface area is 130 Å². The number of rotatable bonds is 5. The van der Waals surface area contributed by atoms with Crippen LogP contribution in [0.2, 0.25) is 0 Å². The highest BCUT2D eigenvalue weighted by Crippen LogP contribution is 2.15. The molecule has 0 bridgehead atoms. The first-order valence-electron chi connectivity index (χ1n) is 6.63. The van der Waals surface area contributed by atoms with Gasteiger partial charge in [-0.15, -0.1) is 0 Å². The van der Waals surface area contributed by atoms with Crippen molar-refractivity contribution in [3.8, 4) is 17.6 Å². The zero-order valence-electron chi connectivity index (χ0n) is 12.1. The fourth-order valence-corrected chi connectivity index (χ4v) is 2.55. The topological polar surface area (TPSA) is 68.3 Å². The molecule has 1 aromatic heterocycles. The largest absolute Gasteiger partial charge is 0.481 e. The van der Waals surface area contributed by atoms with E-state index in [0.29, 0.717) is 0 Å². The molecule has 6 heteroatoms. The lowest BCUT2D eigenvalue weighted by Gasteiger charge is -2.04. The summed E-state index contributed by atoms with van der Waals surface area (Å²) in [4.78, 5) is 3.89. The van der Waals surface area contributed by atoms with Crippen molar-refractivity contribution in [2.24, 2.45) is 0 Å². The van der Waals surface area contributed by atoms with Crippen LogP contribution in [0.4, 0.5) is 0 Å². The van der Waals surface area contributed by atoms with E-state index < -0.39 is 10.0 Å². The van der Waals surface area contributed by atoms with E-state index in [4.69, 9.17) is 4.74 Å². The van der Waals surface area contributed by atoms with Crippen molar-refractivity contribution in [2.75, 3.05) is 13.2 Å². The molecule has 0 spiro atoms. The third kappa shape index (κ3) is 4.58. The number of aryl methyl sites for hydroxylation is 1. The summed E-state index contributed by atoms with van der Waals surface area (Å²) in [6, 6.07) is 10.7. The van der Waals surface area contributed by atoms with E-state index in [-0.39, 0.29) is 18.0 Å². The Bertz CT molecular complexity index is 778. The maximum Gasteiger partial charge on any atom is 0.242 e. The number of nitrogens with one attached hydrogen (secondary N) is 1. The minimum atomic E-state index is -3.56. The molecular formula is C16H16N2O3S. The highest BCUT2D eigenvalue weighted by Gasteiger charge is 2.11. The molecule has 22 heavy (non-hydrogen) atoms. The third-order valence-corrected chi connectivity index (χ3v) is 4.20. The molecular weight excluding hydrogens is 300 g/mol. The monoisotopic (exact) mass is 316 g/mol. The molecule has 0 unspecified atom stereocenters. The second kappa shape index (κ2) is 7.59. The van der Waals surface area contributed by atoms with Gasteiger partial charge in [-0.05, 0) is 30.7 Å². The van der Waals surface area contributed by atoms with Gasteiger partial charge in [0, 0.05) is 12.4 Å². The third-order valence-electron chi connectivity index (χ3n) is 2.81. The summed E-state index contributed by atoms with van der Waals surface area (Å²) < 4.78 is 31.6. The average Bonchev–Trinajstić information content (AvgIpc) is 2.53. The zero-order chi connectivity index (χ0) is 15.8. The van der Waals surface area contributed by atoms with Crippen molar-refractivity contribution < 1.29 is 13.2 Å². The summed E-state index contributed by atoms with van der Waals surface area (Å²) in [5, 5.41) is 0. The van der Waals surface area contributed by atoms with E-state index in [0.717, 1.165) is 11.3 Å². The zero-order valence-corrected chi connectivity index (χ0v) is 12.9. The van der Waals surface area contributed by atoms with Crippen molar-refractivity contribution in [1.82, 2.24) is 9.71 Å². The molecule has 1 heterocycles. The second-order valence-electron chi connectivity index (χ2n) is 4.42. The number of aromatic nitrogens is 1. The van der Waals surface area contributed by atoms with Crippen LogP contribution < -0.4 is 9.46 Å². The molecule has 5 nitrogen and oxygen atoms in total. The minimum Gasteiger partial charge on any atom is -0.481 e. The van der Waals surface area contributed by atoms with Crippen LogP contribution in [-0.4, -0.2) is 26.6 Å². The van der Waals surface area contributed by atoms with Gasteiger partial charge in [0.05, 0.1) is 6.54 Å². The highest BCUT2D eigenvalue weighted by atomic mass is 32.2. The lowest BCUT2D eigenvalue weighted by atomic mass is 10.2. The molecule has 0 fully saturated rings. The van der Waals surface area contributed by atoms with Gasteiger partial charge in [0.1, 0.15) is 17.3 Å². The Balaban J connectivity index is 1.81. The van der Waals surface area contributed by atoms with Crippen molar-refractivity contribution in [1.29, 1.82) is 0 Å². The van der Waals surface area contributed by atoms with E-state index >= 15 is 0 Å². The quantitative estimate of drug-likeness (QED) is 0.853. The molecule has 0 aliphatic carbocycles. The van der Waals surface area contributed by atoms with Crippen molar-refractivity contribution >= 4 is 10.0 Å². The molecule has 0 radical (unpaired) electrons. The second-order valence-corrected chi connectivity index (χ2v) is 6.19. The van der Waals surface area contributed by atoms with E-state index in [1.807, 2.05) is 31.2 Å². The maximum absolute atomic E-state index is 11.9. The van der Waals surface area contributed by atoms with Gasteiger partial charge in [-0.25, -0.2) is 8.42 Å². The first kappa shape index (κ1) is 16.0. The van der Waals surface area contributed by atoms with Crippen LogP contribution in [0.5, 0.6) is 5.75 Å². The van der Waals surface area contributed by atoms with Crippen molar-refractivity contribution in [3.05, 3.63) is 54.4 Å². The van der Waals surface area contributed by atoms with Crippen molar-refractivity contribution in [2.45, 2.75) is 11.8 Å². The molecule has 0 aliphatic heterocycles. The number of hydrogen-bond acceptors (Lipinski definition) is 4. The van der Waals surface area contributed by atoms with Gasteiger partial charge in [-0.1, -0.05) is 30.0 Å². The van der Waals surface area contributed by atoms with Gasteiger partial charge in [0.15, 0.2) is 0 Å². The number of benzene rings is 1. The van der Waals surface area contributed by atoms with E-state index in [1.165, 1.54) is 18.5 Å². The number of nitrogens with zero attached hydrogens (tertiary/aromatic N) is 1. The fourth-order valence-electron chi connectivity index (χ4n) is 1.67. The highest BCUT2D eigenvalue weighted by molar-refractivity contribution is 7.89. The molecule has 2 rings (SSSR count). The normalized spacial score (nSPS) is 10.6. The molecule has 0 saturated carbocycles. The van der Waals surface area contributed by atoms with Gasteiger partial charge in [0.2, 0.25) is 10.0 Å². The van der Waals surface area contributed by atoms with Crippen molar-refractivity contribution in [3.63, 3.8) is 0 Å². The summed E-state index contributed by atoms with van der Waals surface area (Å²) in [6.07, 6.45) is 2.80. The summed E-state index contributed by atoms with van der Waals surface area (Å²) in [6.45, 7) is 2.18. The smallest absolute Gasteiger partial charge is 0.242 e. The Kier molecular flexibility index (Phi) is 5.53. The van der Waals surface area contributed by atoms with Crippen LogP contribution in [0, 0.1) is 18.8 Å². The molecule has 1 N–H and O–H groups in total. The standard InChI is InChI=1S/C16H16N2O3S/c1-14-7-2-3-9-16(14)21-12-5-4-11-18-22(19,20)15-8-6-10-17-13-15/h2-3,6-10,13,18H,11-12H2,1H3. The lowest BCUT2D eigenvalue weighted by Crippen LogP contribution is -2.24. The minimum absolute atomic E-state index is 0.0222. The Morgan fingerprint density at radius 3 is 2.73 bits per heavy atom. The molecule has 1 aromatic carbocycles. The van der Waals surface area contributed by atoms with Gasteiger partial charge < -0.3 is 4.74 Å². The van der Waals surface area contributed by atoms with E-state index in [9.17, 15) is 8.42 Å². The molecule has 0 saturated heterocycles. The first-order chi connectivity index (χ1) is 10.6. The van der Waals surface area contributed by atoms with Crippen LogP contribution in [0.15, 0.2) is 53.7 Å². The molecule has 2 aromatic rings. The summed E-state index contributed by atoms with van der Waals surface area (Å²) >= 11 is 0. The lowest BCUT2D eigenvalue weighted by molar-refractivity contribution is 0.367. The van der Waals surface area contributed by atoms with E-state index in [2.05, 4.69) is 21.5 Å². The summed E-state index contributed by atoms with van der Waals surface area (Å²) in [7, 11) is -3.56. The first-order valence-corrected chi connectivity index (χ1v) is 8.12.